The molecule has 0 spiro atoms. The van der Waals surface area contributed by atoms with Gasteiger partial charge in [0.1, 0.15) is 0 Å². The van der Waals surface area contributed by atoms with Crippen LogP contribution in [0.2, 0.25) is 0 Å². The molecule has 4 nitrogen and oxygen atoms in total. The van der Waals surface area contributed by atoms with Crippen molar-refractivity contribution >= 4 is 17.4 Å². The van der Waals surface area contributed by atoms with Crippen LogP contribution in [0, 0.1) is 5.41 Å². The van der Waals surface area contributed by atoms with Crippen LogP contribution in [0.25, 0.3) is 0 Å². The topological polar surface area (TPSA) is 66.4 Å². The van der Waals surface area contributed by atoms with Crippen LogP contribution >= 0.6 is 0 Å². The molecule has 100 valence electrons. The highest BCUT2D eigenvalue weighted by Crippen LogP contribution is 2.43. The zero-order valence-corrected chi connectivity index (χ0v) is 10.7. The number of hydrogen-bond acceptors (Lipinski definition) is 3. The van der Waals surface area contributed by atoms with Gasteiger partial charge in [0.05, 0.1) is 12.0 Å². The Morgan fingerprint density at radius 3 is 2.74 bits per heavy atom. The minimum absolute atomic E-state index is 0.0254. The number of aliphatic hydroxyl groups is 1. The fourth-order valence-corrected chi connectivity index (χ4v) is 2.89. The van der Waals surface area contributed by atoms with E-state index >= 15 is 0 Å². The van der Waals surface area contributed by atoms with E-state index in [4.69, 9.17) is 0 Å². The van der Waals surface area contributed by atoms with E-state index < -0.39 is 5.41 Å². The molecule has 0 bridgehead atoms. The van der Waals surface area contributed by atoms with Crippen molar-refractivity contribution in [2.45, 2.75) is 32.1 Å². The van der Waals surface area contributed by atoms with Crippen molar-refractivity contribution in [1.29, 1.82) is 0 Å². The number of rotatable bonds is 3. The number of nitrogens with one attached hydrogen (secondary N) is 1. The van der Waals surface area contributed by atoms with Crippen molar-refractivity contribution in [3.05, 3.63) is 29.3 Å². The first-order valence-electron chi connectivity index (χ1n) is 6.73. The third-order valence-corrected chi connectivity index (χ3v) is 4.36. The first kappa shape index (κ1) is 12.4. The van der Waals surface area contributed by atoms with E-state index in [0.29, 0.717) is 18.4 Å². The van der Waals surface area contributed by atoms with E-state index in [-0.39, 0.29) is 18.3 Å². The summed E-state index contributed by atoms with van der Waals surface area (Å²) in [5.74, 6) is 0.0679. The molecule has 0 radical (unpaired) electrons. The summed E-state index contributed by atoms with van der Waals surface area (Å²) < 4.78 is 0. The second-order valence-corrected chi connectivity index (χ2v) is 5.54. The molecule has 0 unspecified atom stereocenters. The van der Waals surface area contributed by atoms with Gasteiger partial charge in [0, 0.05) is 17.7 Å². The van der Waals surface area contributed by atoms with E-state index in [1.165, 1.54) is 0 Å². The molecule has 3 rings (SSSR count). The summed E-state index contributed by atoms with van der Waals surface area (Å²) in [5, 5.41) is 12.3. The van der Waals surface area contributed by atoms with Crippen LogP contribution in [-0.2, 0) is 11.2 Å². The summed E-state index contributed by atoms with van der Waals surface area (Å²) in [6.45, 7) is -0.0698. The number of amides is 1. The van der Waals surface area contributed by atoms with Gasteiger partial charge in [0.25, 0.3) is 0 Å². The van der Waals surface area contributed by atoms with Crippen molar-refractivity contribution in [3.63, 3.8) is 0 Å². The number of aryl methyl sites for hydroxylation is 1. The molecule has 0 saturated heterocycles. The van der Waals surface area contributed by atoms with Crippen molar-refractivity contribution in [2.75, 3.05) is 11.9 Å². The van der Waals surface area contributed by atoms with E-state index in [9.17, 15) is 14.7 Å². The number of anilines is 1. The second-order valence-electron chi connectivity index (χ2n) is 5.54. The first-order valence-corrected chi connectivity index (χ1v) is 6.73. The molecule has 19 heavy (non-hydrogen) atoms. The predicted molar refractivity (Wildman–Crippen MR) is 71.1 cm³/mol. The SMILES string of the molecule is O=C1CCc2cc(C(=O)C3(CO)CCC3)ccc2N1. The molecule has 0 aromatic heterocycles. The van der Waals surface area contributed by atoms with Crippen molar-refractivity contribution in [2.24, 2.45) is 5.41 Å². The molecule has 4 heteroatoms. The Labute approximate surface area is 111 Å². The Hall–Kier alpha value is -1.68. The Bertz CT molecular complexity index is 541. The lowest BCUT2D eigenvalue weighted by Gasteiger charge is -2.38. The molecule has 1 aliphatic heterocycles. The van der Waals surface area contributed by atoms with E-state index in [2.05, 4.69) is 5.32 Å². The number of Topliss-reactive ketones (excluding diaryl/α,β-unsaturated/α-hetero) is 1. The van der Waals surface area contributed by atoms with Gasteiger partial charge >= 0.3 is 0 Å². The Kier molecular flexibility index (Phi) is 2.90. The standard InChI is InChI=1S/C15H17NO3/c17-9-15(6-1-7-15)14(19)11-2-4-12-10(8-11)3-5-13(18)16-12/h2,4,8,17H,1,3,5-7,9H2,(H,16,18). The molecular formula is C15H17NO3. The maximum absolute atomic E-state index is 12.5. The van der Waals surface area contributed by atoms with Crippen LogP contribution in [0.4, 0.5) is 5.69 Å². The van der Waals surface area contributed by atoms with Gasteiger partial charge in [-0.25, -0.2) is 0 Å². The summed E-state index contributed by atoms with van der Waals surface area (Å²) >= 11 is 0. The molecule has 1 saturated carbocycles. The molecule has 1 heterocycles. The smallest absolute Gasteiger partial charge is 0.224 e. The summed E-state index contributed by atoms with van der Waals surface area (Å²) in [6, 6.07) is 5.42. The van der Waals surface area contributed by atoms with Gasteiger partial charge in [-0.2, -0.15) is 0 Å². The second kappa shape index (κ2) is 4.46. The zero-order chi connectivity index (χ0) is 13.5. The molecule has 1 aliphatic carbocycles. The molecule has 1 aromatic carbocycles. The third kappa shape index (κ3) is 1.96. The number of benzene rings is 1. The fraction of sp³-hybridized carbons (Fsp3) is 0.467. The molecule has 1 fully saturated rings. The summed E-state index contributed by atoms with van der Waals surface area (Å²) in [6.07, 6.45) is 3.70. The first-order chi connectivity index (χ1) is 9.14. The Morgan fingerprint density at radius 1 is 1.32 bits per heavy atom. The maximum Gasteiger partial charge on any atom is 0.224 e. The van der Waals surface area contributed by atoms with Crippen LogP contribution in [-0.4, -0.2) is 23.4 Å². The lowest BCUT2D eigenvalue weighted by Crippen LogP contribution is -2.41. The van der Waals surface area contributed by atoms with Crippen molar-refractivity contribution in [1.82, 2.24) is 0 Å². The van der Waals surface area contributed by atoms with E-state index in [1.54, 1.807) is 12.1 Å². The number of ketones is 1. The molecule has 1 amide bonds. The van der Waals surface area contributed by atoms with Gasteiger partial charge in [-0.3, -0.25) is 9.59 Å². The number of carbonyl (C=O) groups excluding carboxylic acids is 2. The highest BCUT2D eigenvalue weighted by Gasteiger charge is 2.43. The number of carbonyl (C=O) groups is 2. The van der Waals surface area contributed by atoms with Crippen LogP contribution < -0.4 is 5.32 Å². The average molecular weight is 259 g/mol. The molecular weight excluding hydrogens is 242 g/mol. The van der Waals surface area contributed by atoms with Gasteiger partial charge in [-0.05, 0) is 43.0 Å². The Balaban J connectivity index is 1.90. The summed E-state index contributed by atoms with van der Waals surface area (Å²) in [5.41, 5.74) is 1.92. The zero-order valence-electron chi connectivity index (χ0n) is 10.7. The van der Waals surface area contributed by atoms with Crippen LogP contribution in [0.5, 0.6) is 0 Å². The normalized spacial score (nSPS) is 20.2. The van der Waals surface area contributed by atoms with E-state index in [0.717, 1.165) is 30.5 Å². The fourth-order valence-electron chi connectivity index (χ4n) is 2.89. The molecule has 1 aromatic rings. The van der Waals surface area contributed by atoms with Gasteiger partial charge in [0.2, 0.25) is 5.91 Å². The summed E-state index contributed by atoms with van der Waals surface area (Å²) in [4.78, 5) is 23.8. The van der Waals surface area contributed by atoms with Crippen LogP contribution in [0.3, 0.4) is 0 Å². The number of aliphatic hydroxyl groups excluding tert-OH is 1. The predicted octanol–water partition coefficient (Wildman–Crippen LogP) is 1.92. The Morgan fingerprint density at radius 2 is 2.11 bits per heavy atom. The largest absolute Gasteiger partial charge is 0.395 e. The monoisotopic (exact) mass is 259 g/mol. The highest BCUT2D eigenvalue weighted by atomic mass is 16.3. The van der Waals surface area contributed by atoms with Crippen LogP contribution in [0.15, 0.2) is 18.2 Å². The van der Waals surface area contributed by atoms with Gasteiger partial charge < -0.3 is 10.4 Å². The minimum atomic E-state index is -0.549. The molecule has 2 N–H and O–H groups in total. The van der Waals surface area contributed by atoms with Crippen molar-refractivity contribution < 1.29 is 14.7 Å². The lowest BCUT2D eigenvalue weighted by atomic mass is 9.65. The third-order valence-electron chi connectivity index (χ3n) is 4.36. The van der Waals surface area contributed by atoms with Crippen LogP contribution in [0.1, 0.15) is 41.6 Å². The molecule has 0 atom stereocenters. The van der Waals surface area contributed by atoms with E-state index in [1.807, 2.05) is 6.07 Å². The quantitative estimate of drug-likeness (QED) is 0.815. The van der Waals surface area contributed by atoms with Gasteiger partial charge in [0.15, 0.2) is 5.78 Å². The highest BCUT2D eigenvalue weighted by molar-refractivity contribution is 6.02. The average Bonchev–Trinajstić information content (AvgIpc) is 2.37. The minimum Gasteiger partial charge on any atom is -0.395 e. The maximum atomic E-state index is 12.5. The number of fused-ring (bicyclic) bond motifs is 1. The molecule has 2 aliphatic rings. The van der Waals surface area contributed by atoms with Gasteiger partial charge in [-0.15, -0.1) is 0 Å². The summed E-state index contributed by atoms with van der Waals surface area (Å²) in [7, 11) is 0. The number of hydrogen-bond donors (Lipinski definition) is 2. The van der Waals surface area contributed by atoms with Crippen molar-refractivity contribution in [3.8, 4) is 0 Å². The van der Waals surface area contributed by atoms with Gasteiger partial charge in [-0.1, -0.05) is 6.42 Å². The lowest BCUT2D eigenvalue weighted by molar-refractivity contribution is -0.116.